The summed E-state index contributed by atoms with van der Waals surface area (Å²) in [5, 5.41) is 2.06. The molecule has 0 saturated heterocycles. The maximum absolute atomic E-state index is 14.0. The third-order valence-electron chi connectivity index (χ3n) is 2.12. The molecule has 1 heterocycles. The summed E-state index contributed by atoms with van der Waals surface area (Å²) >= 11 is 2.84. The average Bonchev–Trinajstić information content (AvgIpc) is 2.83. The van der Waals surface area contributed by atoms with E-state index in [1.54, 1.807) is 5.38 Å². The van der Waals surface area contributed by atoms with Gasteiger partial charge in [-0.15, -0.1) is 23.1 Å². The van der Waals surface area contributed by atoms with Crippen molar-refractivity contribution in [2.75, 3.05) is 0 Å². The average molecular weight is 252 g/mol. The molecule has 16 heavy (non-hydrogen) atoms. The number of hydrogen-bond acceptors (Lipinski definition) is 3. The molecule has 2 unspecified atom stereocenters. The van der Waals surface area contributed by atoms with Crippen molar-refractivity contribution in [3.8, 4) is 0 Å². The van der Waals surface area contributed by atoms with Gasteiger partial charge in [0.25, 0.3) is 0 Å². The second-order valence-corrected chi connectivity index (χ2v) is 5.69. The smallest absolute Gasteiger partial charge is 0.163 e. The highest BCUT2D eigenvalue weighted by Gasteiger charge is 2.21. The molecule has 1 aromatic carbocycles. The molecule has 4 heteroatoms. The molecule has 1 nitrogen and oxygen atoms in total. The van der Waals surface area contributed by atoms with E-state index >= 15 is 0 Å². The van der Waals surface area contributed by atoms with Crippen LogP contribution in [0.4, 0.5) is 4.39 Å². The van der Waals surface area contributed by atoms with Crippen LogP contribution in [0, 0.1) is 6.20 Å². The number of hydrogen-bond donors (Lipinski definition) is 0. The molecule has 1 radical (unpaired) electrons. The van der Waals surface area contributed by atoms with E-state index < -0.39 is 6.17 Å². The van der Waals surface area contributed by atoms with Crippen LogP contribution >= 0.6 is 23.1 Å². The quantitative estimate of drug-likeness (QED) is 0.759. The van der Waals surface area contributed by atoms with Gasteiger partial charge in [0.05, 0.1) is 0 Å². The Balaban J connectivity index is 2.01. The predicted octanol–water partition coefficient (Wildman–Crippen LogP) is 4.13. The molecule has 0 fully saturated rings. The van der Waals surface area contributed by atoms with Crippen LogP contribution in [0.2, 0.25) is 0 Å². The zero-order chi connectivity index (χ0) is 11.4. The Bertz CT molecular complexity index is 416. The Morgan fingerprint density at radius 1 is 1.38 bits per heavy atom. The third kappa shape index (κ3) is 2.83. The van der Waals surface area contributed by atoms with Crippen LogP contribution in [0.3, 0.4) is 0 Å². The van der Waals surface area contributed by atoms with Crippen molar-refractivity contribution < 1.29 is 4.39 Å². The first-order valence-electron chi connectivity index (χ1n) is 4.94. The van der Waals surface area contributed by atoms with Crippen molar-refractivity contribution in [3.63, 3.8) is 0 Å². The highest BCUT2D eigenvalue weighted by atomic mass is 32.2. The Hall–Kier alpha value is -0.870. The molecule has 1 aromatic heterocycles. The van der Waals surface area contributed by atoms with E-state index in [-0.39, 0.29) is 5.25 Å². The topological polar surface area (TPSA) is 12.9 Å². The van der Waals surface area contributed by atoms with Gasteiger partial charge in [-0.1, -0.05) is 18.2 Å². The molecule has 0 N–H and O–H groups in total. The molecule has 0 saturated carbocycles. The maximum atomic E-state index is 14.0. The van der Waals surface area contributed by atoms with Gasteiger partial charge in [0.1, 0.15) is 11.2 Å². The van der Waals surface area contributed by atoms with Gasteiger partial charge in [-0.25, -0.2) is 9.37 Å². The van der Waals surface area contributed by atoms with Crippen molar-refractivity contribution >= 4 is 23.1 Å². The number of thiazole rings is 1. The summed E-state index contributed by atoms with van der Waals surface area (Å²) in [6.07, 6.45) is 1.62. The number of benzene rings is 1. The van der Waals surface area contributed by atoms with Crippen LogP contribution in [0.15, 0.2) is 40.6 Å². The first-order valence-corrected chi connectivity index (χ1v) is 6.70. The van der Waals surface area contributed by atoms with Gasteiger partial charge in [0, 0.05) is 15.5 Å². The summed E-state index contributed by atoms with van der Waals surface area (Å²) in [4.78, 5) is 4.97. The number of rotatable bonds is 4. The van der Waals surface area contributed by atoms with E-state index in [1.165, 1.54) is 23.1 Å². The molecule has 83 valence electrons. The van der Waals surface area contributed by atoms with Crippen molar-refractivity contribution in [2.24, 2.45) is 0 Å². The van der Waals surface area contributed by atoms with E-state index in [1.807, 2.05) is 37.3 Å². The van der Waals surface area contributed by atoms with Crippen LogP contribution in [0.1, 0.15) is 18.1 Å². The lowest BCUT2D eigenvalue weighted by molar-refractivity contribution is 0.341. The van der Waals surface area contributed by atoms with Crippen molar-refractivity contribution in [2.45, 2.75) is 23.2 Å². The van der Waals surface area contributed by atoms with E-state index in [0.717, 1.165) is 4.90 Å². The normalized spacial score (nSPS) is 14.6. The fraction of sp³-hybridized carbons (Fsp3) is 0.250. The lowest BCUT2D eigenvalue weighted by atomic mass is 10.3. The molecule has 2 aromatic rings. The lowest BCUT2D eigenvalue weighted by Crippen LogP contribution is -2.06. The molecule has 0 aliphatic carbocycles. The van der Waals surface area contributed by atoms with Crippen molar-refractivity contribution in [1.82, 2.24) is 4.98 Å². The van der Waals surface area contributed by atoms with Crippen molar-refractivity contribution in [3.05, 3.63) is 46.9 Å². The minimum atomic E-state index is -1.03. The summed E-state index contributed by atoms with van der Waals surface area (Å²) in [6, 6.07) is 9.85. The second-order valence-electron chi connectivity index (χ2n) is 3.35. The van der Waals surface area contributed by atoms with Gasteiger partial charge in [-0.3, -0.25) is 0 Å². The molecule has 2 atom stereocenters. The van der Waals surface area contributed by atoms with Crippen LogP contribution in [-0.4, -0.2) is 10.2 Å². The molecule has 0 amide bonds. The van der Waals surface area contributed by atoms with Gasteiger partial charge in [0.15, 0.2) is 6.17 Å². The van der Waals surface area contributed by atoms with Gasteiger partial charge in [0.2, 0.25) is 0 Å². The van der Waals surface area contributed by atoms with Crippen molar-refractivity contribution in [1.29, 1.82) is 0 Å². The van der Waals surface area contributed by atoms with Crippen LogP contribution in [0.5, 0.6) is 0 Å². The summed E-state index contributed by atoms with van der Waals surface area (Å²) < 4.78 is 14.0. The minimum Gasteiger partial charge on any atom is -0.238 e. The van der Waals surface area contributed by atoms with E-state index in [9.17, 15) is 4.39 Å². The highest BCUT2D eigenvalue weighted by Crippen LogP contribution is 2.34. The summed E-state index contributed by atoms with van der Waals surface area (Å²) in [6.45, 7) is 1.88. The SMILES string of the molecule is CC(Sc1ccccc1)C(F)c1n[c]cs1. The molecule has 0 bridgehead atoms. The number of aromatic nitrogens is 1. The summed E-state index contributed by atoms with van der Waals surface area (Å²) in [5.41, 5.74) is 0. The van der Waals surface area contributed by atoms with E-state index in [0.29, 0.717) is 5.01 Å². The first kappa shape index (κ1) is 11.6. The Kier molecular flexibility index (Phi) is 3.96. The maximum Gasteiger partial charge on any atom is 0.163 e. The molecular formula is C12H11FNS2. The third-order valence-corrected chi connectivity index (χ3v) is 4.06. The lowest BCUT2D eigenvalue weighted by Gasteiger charge is -2.13. The molecule has 0 aliphatic heterocycles. The number of alkyl halides is 1. The standard InChI is InChI=1S/C12H11FNS2/c1-9(11(13)12-14-7-8-15-12)16-10-5-3-2-4-6-10/h2-6,8-9,11H,1H3. The van der Waals surface area contributed by atoms with Crippen LogP contribution in [-0.2, 0) is 0 Å². The van der Waals surface area contributed by atoms with Gasteiger partial charge in [-0.05, 0) is 19.1 Å². The molecule has 2 rings (SSSR count). The van der Waals surface area contributed by atoms with E-state index in [4.69, 9.17) is 0 Å². The Labute approximate surface area is 103 Å². The number of halogens is 1. The highest BCUT2D eigenvalue weighted by molar-refractivity contribution is 8.00. The van der Waals surface area contributed by atoms with Gasteiger partial charge in [-0.2, -0.15) is 0 Å². The van der Waals surface area contributed by atoms with Crippen LogP contribution < -0.4 is 0 Å². The zero-order valence-electron chi connectivity index (χ0n) is 8.76. The summed E-state index contributed by atoms with van der Waals surface area (Å²) in [7, 11) is 0. The Morgan fingerprint density at radius 3 is 2.75 bits per heavy atom. The van der Waals surface area contributed by atoms with E-state index in [2.05, 4.69) is 11.2 Å². The first-order chi connectivity index (χ1) is 7.77. The fourth-order valence-corrected chi connectivity index (χ4v) is 3.05. The molecule has 0 spiro atoms. The molecular weight excluding hydrogens is 241 g/mol. The minimum absolute atomic E-state index is 0.137. The molecule has 0 aliphatic rings. The fourth-order valence-electron chi connectivity index (χ4n) is 1.30. The Morgan fingerprint density at radius 2 is 2.12 bits per heavy atom. The summed E-state index contributed by atoms with van der Waals surface area (Å²) in [5.74, 6) is 0. The van der Waals surface area contributed by atoms with Gasteiger partial charge < -0.3 is 0 Å². The van der Waals surface area contributed by atoms with Crippen LogP contribution in [0.25, 0.3) is 0 Å². The second kappa shape index (κ2) is 5.46. The largest absolute Gasteiger partial charge is 0.238 e. The monoisotopic (exact) mass is 252 g/mol. The van der Waals surface area contributed by atoms with Gasteiger partial charge >= 0.3 is 0 Å². The number of thioether (sulfide) groups is 1. The number of nitrogens with zero attached hydrogens (tertiary/aromatic N) is 1. The predicted molar refractivity (Wildman–Crippen MR) is 66.6 cm³/mol. The zero-order valence-corrected chi connectivity index (χ0v) is 10.4.